The van der Waals surface area contributed by atoms with Gasteiger partial charge in [0.1, 0.15) is 5.75 Å². The van der Waals surface area contributed by atoms with Crippen molar-refractivity contribution >= 4 is 11.7 Å². The zero-order valence-electron chi connectivity index (χ0n) is 21.0. The highest BCUT2D eigenvalue weighted by Crippen LogP contribution is 2.46. The predicted octanol–water partition coefficient (Wildman–Crippen LogP) is 5.53. The van der Waals surface area contributed by atoms with Crippen molar-refractivity contribution in [3.8, 4) is 28.0 Å². The van der Waals surface area contributed by atoms with E-state index in [-0.39, 0.29) is 6.42 Å². The lowest BCUT2D eigenvalue weighted by Gasteiger charge is -2.36. The zero-order valence-corrected chi connectivity index (χ0v) is 21.0. The highest BCUT2D eigenvalue weighted by Gasteiger charge is 2.28. The average Bonchev–Trinajstić information content (AvgIpc) is 3.28. The number of rotatable bonds is 7. The minimum atomic E-state index is -0.846. The summed E-state index contributed by atoms with van der Waals surface area (Å²) in [4.78, 5) is 18.6. The summed E-state index contributed by atoms with van der Waals surface area (Å²) in [6, 6.07) is 16.6. The summed E-state index contributed by atoms with van der Waals surface area (Å²) >= 11 is 0. The lowest BCUT2D eigenvalue weighted by molar-refractivity contribution is -0.136. The molecule has 0 bridgehead atoms. The van der Waals surface area contributed by atoms with E-state index in [0.717, 1.165) is 55.9 Å². The number of benzene rings is 3. The van der Waals surface area contributed by atoms with Crippen molar-refractivity contribution in [2.75, 3.05) is 18.6 Å². The molecule has 184 valence electrons. The van der Waals surface area contributed by atoms with Crippen molar-refractivity contribution in [2.24, 2.45) is 0 Å². The van der Waals surface area contributed by atoms with E-state index in [1.54, 1.807) is 14.0 Å². The molecule has 0 saturated carbocycles. The van der Waals surface area contributed by atoms with E-state index in [1.165, 1.54) is 0 Å². The number of aliphatic carboxylic acids is 1. The van der Waals surface area contributed by atoms with Crippen molar-refractivity contribution in [3.63, 3.8) is 0 Å². The van der Waals surface area contributed by atoms with Crippen molar-refractivity contribution in [1.29, 1.82) is 0 Å². The summed E-state index contributed by atoms with van der Waals surface area (Å²) in [6.07, 6.45) is 0.569. The first kappa shape index (κ1) is 23.6. The molecule has 0 unspecified atom stereocenters. The van der Waals surface area contributed by atoms with Gasteiger partial charge in [0.05, 0.1) is 13.5 Å². The quantitative estimate of drug-likeness (QED) is 0.370. The molecule has 0 aliphatic carbocycles. The van der Waals surface area contributed by atoms with Gasteiger partial charge in [0, 0.05) is 37.7 Å². The number of aryl methyl sites for hydroxylation is 2. The molecule has 0 fully saturated rings. The number of anilines is 1. The van der Waals surface area contributed by atoms with Gasteiger partial charge < -0.3 is 19.3 Å². The van der Waals surface area contributed by atoms with Gasteiger partial charge in [0.2, 0.25) is 5.89 Å². The first-order chi connectivity index (χ1) is 17.3. The van der Waals surface area contributed by atoms with Gasteiger partial charge in [-0.2, -0.15) is 4.98 Å². The Balaban J connectivity index is 1.69. The zero-order chi connectivity index (χ0) is 25.4. The van der Waals surface area contributed by atoms with E-state index in [2.05, 4.69) is 57.5 Å². The molecule has 36 heavy (non-hydrogen) atoms. The maximum absolute atomic E-state index is 11.9. The molecular formula is C29H29N3O4. The van der Waals surface area contributed by atoms with E-state index in [4.69, 9.17) is 9.26 Å². The second-order valence-corrected chi connectivity index (χ2v) is 9.28. The van der Waals surface area contributed by atoms with Crippen LogP contribution < -0.4 is 9.64 Å². The number of hydrogen-bond donors (Lipinski definition) is 1. The monoisotopic (exact) mass is 483 g/mol. The van der Waals surface area contributed by atoms with Crippen LogP contribution in [0.5, 0.6) is 5.75 Å². The molecule has 4 aromatic rings. The largest absolute Gasteiger partial charge is 0.497 e. The Morgan fingerprint density at radius 2 is 1.83 bits per heavy atom. The van der Waals surface area contributed by atoms with Crippen LogP contribution in [0.3, 0.4) is 0 Å². The van der Waals surface area contributed by atoms with Gasteiger partial charge in [0.15, 0.2) is 5.82 Å². The number of carbonyl (C=O) groups is 1. The van der Waals surface area contributed by atoms with Crippen LogP contribution in [0.15, 0.2) is 53.1 Å². The minimum Gasteiger partial charge on any atom is -0.497 e. The van der Waals surface area contributed by atoms with Crippen molar-refractivity contribution in [1.82, 2.24) is 10.1 Å². The molecule has 0 saturated heterocycles. The van der Waals surface area contributed by atoms with Gasteiger partial charge in [-0.1, -0.05) is 41.1 Å². The Bertz CT molecular complexity index is 1440. The fourth-order valence-electron chi connectivity index (χ4n) is 5.07. The van der Waals surface area contributed by atoms with E-state index >= 15 is 0 Å². The van der Waals surface area contributed by atoms with Gasteiger partial charge in [-0.25, -0.2) is 0 Å². The standard InChI is InChI=1S/C29H29N3O4/c1-17-5-7-20(8-6-17)25-14-26-23-10-9-22(35-4)13-21(23)16-32(12-11-27-30-19(3)36-31-27)29(26)18(2)24(25)15-28(33)34/h5-10,13-14H,11-12,15-16H2,1-4H3,(H,33,34). The number of aromatic nitrogens is 2. The number of carboxylic acids is 1. The number of hydrogen-bond acceptors (Lipinski definition) is 6. The molecule has 7 nitrogen and oxygen atoms in total. The molecule has 1 aliphatic heterocycles. The first-order valence-electron chi connectivity index (χ1n) is 12.0. The first-order valence-corrected chi connectivity index (χ1v) is 12.0. The van der Waals surface area contributed by atoms with Crippen molar-refractivity contribution in [2.45, 2.75) is 40.2 Å². The van der Waals surface area contributed by atoms with E-state index in [1.807, 2.05) is 19.9 Å². The maximum atomic E-state index is 11.9. The molecule has 7 heteroatoms. The summed E-state index contributed by atoms with van der Waals surface area (Å²) in [7, 11) is 1.67. The third-order valence-corrected chi connectivity index (χ3v) is 6.82. The van der Waals surface area contributed by atoms with Crippen LogP contribution in [-0.4, -0.2) is 34.9 Å². The smallest absolute Gasteiger partial charge is 0.307 e. The minimum absolute atomic E-state index is 0.0460. The fraction of sp³-hybridized carbons (Fsp3) is 0.276. The lowest BCUT2D eigenvalue weighted by Crippen LogP contribution is -2.30. The van der Waals surface area contributed by atoms with E-state index < -0.39 is 5.97 Å². The molecule has 1 aliphatic rings. The Labute approximate surface area is 210 Å². The number of nitrogens with zero attached hydrogens (tertiary/aromatic N) is 3. The lowest BCUT2D eigenvalue weighted by atomic mass is 9.84. The predicted molar refractivity (Wildman–Crippen MR) is 138 cm³/mol. The molecule has 0 spiro atoms. The number of ether oxygens (including phenoxy) is 1. The maximum Gasteiger partial charge on any atom is 0.307 e. The summed E-state index contributed by atoms with van der Waals surface area (Å²) < 4.78 is 10.7. The Hall–Kier alpha value is -4.13. The molecule has 0 atom stereocenters. The second-order valence-electron chi connectivity index (χ2n) is 9.28. The van der Waals surface area contributed by atoms with Gasteiger partial charge in [-0.05, 0) is 65.4 Å². The van der Waals surface area contributed by atoms with Crippen LogP contribution in [0.1, 0.15) is 34.0 Å². The van der Waals surface area contributed by atoms with Crippen LogP contribution in [0.4, 0.5) is 5.69 Å². The number of carboxylic acid groups (broad SMARTS) is 1. The molecule has 1 aromatic heterocycles. The van der Waals surface area contributed by atoms with Crippen molar-refractivity contribution in [3.05, 3.63) is 82.5 Å². The third kappa shape index (κ3) is 4.44. The number of fused-ring (bicyclic) bond motifs is 3. The molecule has 3 aromatic carbocycles. The Kier molecular flexibility index (Phi) is 6.22. The van der Waals surface area contributed by atoms with Gasteiger partial charge in [0.25, 0.3) is 0 Å². The molecule has 0 amide bonds. The summed E-state index contributed by atoms with van der Waals surface area (Å²) in [6.45, 7) is 7.21. The van der Waals surface area contributed by atoms with Crippen LogP contribution >= 0.6 is 0 Å². The fourth-order valence-corrected chi connectivity index (χ4v) is 5.07. The highest BCUT2D eigenvalue weighted by molar-refractivity contribution is 5.92. The second kappa shape index (κ2) is 9.49. The average molecular weight is 484 g/mol. The molecule has 1 N–H and O–H groups in total. The van der Waals surface area contributed by atoms with Crippen molar-refractivity contribution < 1.29 is 19.2 Å². The number of methoxy groups -OCH3 is 1. The van der Waals surface area contributed by atoms with Crippen LogP contribution in [0, 0.1) is 20.8 Å². The summed E-state index contributed by atoms with van der Waals surface area (Å²) in [5.41, 5.74) is 9.38. The molecule has 0 radical (unpaired) electrons. The van der Waals surface area contributed by atoms with Crippen LogP contribution in [0.2, 0.25) is 0 Å². The Morgan fingerprint density at radius 1 is 1.06 bits per heavy atom. The van der Waals surface area contributed by atoms with Gasteiger partial charge >= 0.3 is 5.97 Å². The molecule has 2 heterocycles. The van der Waals surface area contributed by atoms with Gasteiger partial charge in [-0.3, -0.25) is 4.79 Å². The topological polar surface area (TPSA) is 88.7 Å². The van der Waals surface area contributed by atoms with E-state index in [9.17, 15) is 9.90 Å². The molecule has 5 rings (SSSR count). The Morgan fingerprint density at radius 3 is 2.50 bits per heavy atom. The van der Waals surface area contributed by atoms with Gasteiger partial charge in [-0.15, -0.1) is 0 Å². The van der Waals surface area contributed by atoms with E-state index in [0.29, 0.717) is 31.2 Å². The highest BCUT2D eigenvalue weighted by atomic mass is 16.5. The summed E-state index contributed by atoms with van der Waals surface area (Å²) in [5, 5.41) is 13.8. The van der Waals surface area contributed by atoms with Crippen LogP contribution in [-0.2, 0) is 24.2 Å². The normalized spacial score (nSPS) is 12.3. The SMILES string of the molecule is COc1ccc2c(c1)CN(CCc1noc(C)n1)c1c-2cc(-c2ccc(C)cc2)c(CC(=O)O)c1C. The van der Waals surface area contributed by atoms with Crippen LogP contribution in [0.25, 0.3) is 22.3 Å². The molecular weight excluding hydrogens is 454 g/mol. The third-order valence-electron chi connectivity index (χ3n) is 6.82. The summed E-state index contributed by atoms with van der Waals surface area (Å²) in [5.74, 6) is 1.16.